The van der Waals surface area contributed by atoms with Gasteiger partial charge >= 0.3 is 0 Å². The summed E-state index contributed by atoms with van der Waals surface area (Å²) in [6.07, 6.45) is 5.52. The number of tetrazole rings is 1. The molecular formula is C25H27N7. The average molecular weight is 426 g/mol. The highest BCUT2D eigenvalue weighted by molar-refractivity contribution is 5.81. The van der Waals surface area contributed by atoms with Crippen molar-refractivity contribution < 1.29 is 0 Å². The van der Waals surface area contributed by atoms with E-state index in [2.05, 4.69) is 87.2 Å². The van der Waals surface area contributed by atoms with Crippen LogP contribution < -0.4 is 0 Å². The number of hydrogen-bond acceptors (Lipinski definition) is 4. The second-order valence-electron chi connectivity index (χ2n) is 8.25. The van der Waals surface area contributed by atoms with Crippen LogP contribution in [-0.2, 0) is 20.0 Å². The number of benzene rings is 2. The molecule has 0 aliphatic rings. The molecule has 0 bridgehead atoms. The van der Waals surface area contributed by atoms with Gasteiger partial charge in [0.1, 0.15) is 11.3 Å². The number of fused-ring (bicyclic) bond motifs is 1. The van der Waals surface area contributed by atoms with E-state index in [1.54, 1.807) is 0 Å². The number of unbranched alkanes of at least 4 members (excludes halogenated alkanes) is 1. The predicted octanol–water partition coefficient (Wildman–Crippen LogP) is 4.92. The number of nitrogens with zero attached hydrogens (tertiary/aromatic N) is 6. The van der Waals surface area contributed by atoms with Gasteiger partial charge in [-0.15, -0.1) is 10.2 Å². The maximum Gasteiger partial charge on any atom is 0.205 e. The highest BCUT2D eigenvalue weighted by atomic mass is 15.5. The molecular weight excluding hydrogens is 398 g/mol. The van der Waals surface area contributed by atoms with E-state index in [1.165, 1.54) is 29.0 Å². The Bertz CT molecular complexity index is 1340. The first-order valence-electron chi connectivity index (χ1n) is 11.1. The summed E-state index contributed by atoms with van der Waals surface area (Å²) in [7, 11) is 2.09. The van der Waals surface area contributed by atoms with E-state index in [0.29, 0.717) is 5.82 Å². The molecule has 3 heterocycles. The first-order chi connectivity index (χ1) is 15.7. The number of H-pyrrole nitrogens is 1. The highest BCUT2D eigenvalue weighted by Crippen LogP contribution is 2.30. The zero-order valence-corrected chi connectivity index (χ0v) is 18.7. The van der Waals surface area contributed by atoms with Crippen molar-refractivity contribution in [1.82, 2.24) is 34.7 Å². The SMILES string of the molecule is CCCCc1nc2c(C)n(C)cc2n1Cc1ccc(-c2ccccc2-c2nn[nH]n2)cc1. The fourth-order valence-electron chi connectivity index (χ4n) is 4.24. The summed E-state index contributed by atoms with van der Waals surface area (Å²) in [5.74, 6) is 1.78. The van der Waals surface area contributed by atoms with Crippen molar-refractivity contribution in [2.45, 2.75) is 39.7 Å². The molecule has 0 fully saturated rings. The lowest BCUT2D eigenvalue weighted by atomic mass is 9.98. The van der Waals surface area contributed by atoms with Gasteiger partial charge in [0.05, 0.1) is 5.52 Å². The molecule has 7 heteroatoms. The van der Waals surface area contributed by atoms with Crippen molar-refractivity contribution in [3.8, 4) is 22.5 Å². The van der Waals surface area contributed by atoms with Gasteiger partial charge in [-0.25, -0.2) is 4.98 Å². The summed E-state index contributed by atoms with van der Waals surface area (Å²) in [6, 6.07) is 16.9. The molecule has 32 heavy (non-hydrogen) atoms. The molecule has 2 aromatic carbocycles. The van der Waals surface area contributed by atoms with Crippen molar-refractivity contribution in [3.63, 3.8) is 0 Å². The highest BCUT2D eigenvalue weighted by Gasteiger charge is 2.16. The fourth-order valence-corrected chi connectivity index (χ4v) is 4.24. The van der Waals surface area contributed by atoms with E-state index in [4.69, 9.17) is 4.98 Å². The molecule has 162 valence electrons. The molecule has 7 nitrogen and oxygen atoms in total. The van der Waals surface area contributed by atoms with Crippen molar-refractivity contribution >= 4 is 11.0 Å². The van der Waals surface area contributed by atoms with Crippen LogP contribution in [0.2, 0.25) is 0 Å². The third kappa shape index (κ3) is 3.60. The van der Waals surface area contributed by atoms with Crippen LogP contribution >= 0.6 is 0 Å². The normalized spacial score (nSPS) is 11.5. The Morgan fingerprint density at radius 2 is 1.78 bits per heavy atom. The predicted molar refractivity (Wildman–Crippen MR) is 126 cm³/mol. The lowest BCUT2D eigenvalue weighted by molar-refractivity contribution is 0.687. The van der Waals surface area contributed by atoms with Crippen LogP contribution in [0, 0.1) is 6.92 Å². The lowest BCUT2D eigenvalue weighted by Gasteiger charge is -2.11. The van der Waals surface area contributed by atoms with Crippen molar-refractivity contribution in [1.29, 1.82) is 0 Å². The molecule has 0 amide bonds. The van der Waals surface area contributed by atoms with Gasteiger partial charge in [-0.1, -0.05) is 61.9 Å². The van der Waals surface area contributed by atoms with E-state index >= 15 is 0 Å². The monoisotopic (exact) mass is 425 g/mol. The number of aromatic amines is 1. The minimum Gasteiger partial charge on any atom is -0.351 e. The molecule has 0 saturated heterocycles. The van der Waals surface area contributed by atoms with E-state index < -0.39 is 0 Å². The van der Waals surface area contributed by atoms with E-state index in [1.807, 2.05) is 18.2 Å². The molecule has 0 aliphatic carbocycles. The third-order valence-corrected chi connectivity index (χ3v) is 6.15. The molecule has 0 spiro atoms. The van der Waals surface area contributed by atoms with Gasteiger partial charge in [-0.2, -0.15) is 5.21 Å². The largest absolute Gasteiger partial charge is 0.351 e. The minimum absolute atomic E-state index is 0.602. The van der Waals surface area contributed by atoms with Crippen LogP contribution in [0.1, 0.15) is 36.8 Å². The molecule has 0 radical (unpaired) electrons. The standard InChI is InChI=1S/C25H27N7/c1-4-5-10-23-26-24-17(2)31(3)16-22(24)32(23)15-18-11-13-19(14-12-18)20-8-6-7-9-21(20)25-27-29-30-28-25/h6-9,11-14,16H,4-5,10,15H2,1-3H3,(H,27,28,29,30). The number of nitrogens with one attached hydrogen (secondary N) is 1. The van der Waals surface area contributed by atoms with E-state index in [9.17, 15) is 0 Å². The lowest BCUT2D eigenvalue weighted by Crippen LogP contribution is -2.06. The Balaban J connectivity index is 1.48. The van der Waals surface area contributed by atoms with Gasteiger partial charge < -0.3 is 9.13 Å². The van der Waals surface area contributed by atoms with Crippen LogP contribution in [0.15, 0.2) is 54.7 Å². The maximum atomic E-state index is 4.99. The van der Waals surface area contributed by atoms with Crippen molar-refractivity contribution in [3.05, 3.63) is 71.8 Å². The quantitative estimate of drug-likeness (QED) is 0.401. The summed E-state index contributed by atoms with van der Waals surface area (Å²) in [5, 5.41) is 14.6. The maximum absolute atomic E-state index is 4.99. The first kappa shape index (κ1) is 20.2. The molecule has 0 aliphatic heterocycles. The second-order valence-corrected chi connectivity index (χ2v) is 8.25. The molecule has 1 N–H and O–H groups in total. The smallest absolute Gasteiger partial charge is 0.205 e. The first-order valence-corrected chi connectivity index (χ1v) is 11.1. The Labute approximate surface area is 187 Å². The molecule has 0 saturated carbocycles. The number of imidazole rings is 1. The van der Waals surface area contributed by atoms with E-state index in [0.717, 1.165) is 41.6 Å². The van der Waals surface area contributed by atoms with Crippen molar-refractivity contribution in [2.24, 2.45) is 7.05 Å². The van der Waals surface area contributed by atoms with Gasteiger partial charge in [0.15, 0.2) is 0 Å². The minimum atomic E-state index is 0.602. The molecule has 0 unspecified atom stereocenters. The van der Waals surface area contributed by atoms with Crippen LogP contribution in [0.3, 0.4) is 0 Å². The Morgan fingerprint density at radius 1 is 1.00 bits per heavy atom. The van der Waals surface area contributed by atoms with Gasteiger partial charge in [0, 0.05) is 37.5 Å². The van der Waals surface area contributed by atoms with Gasteiger partial charge in [-0.05, 0) is 35.2 Å². The topological polar surface area (TPSA) is 77.2 Å². The fraction of sp³-hybridized carbons (Fsp3) is 0.280. The summed E-state index contributed by atoms with van der Waals surface area (Å²) < 4.78 is 4.54. The number of aryl methyl sites for hydroxylation is 3. The van der Waals surface area contributed by atoms with Gasteiger partial charge in [0.25, 0.3) is 0 Å². The Kier molecular flexibility index (Phi) is 5.31. The zero-order valence-electron chi connectivity index (χ0n) is 18.7. The number of hydrogen-bond donors (Lipinski definition) is 1. The Hall–Kier alpha value is -3.74. The number of aromatic nitrogens is 7. The van der Waals surface area contributed by atoms with Crippen LogP contribution in [0.5, 0.6) is 0 Å². The third-order valence-electron chi connectivity index (χ3n) is 6.15. The molecule has 5 aromatic rings. The van der Waals surface area contributed by atoms with Crippen LogP contribution in [-0.4, -0.2) is 34.7 Å². The van der Waals surface area contributed by atoms with Crippen LogP contribution in [0.25, 0.3) is 33.5 Å². The summed E-state index contributed by atoms with van der Waals surface area (Å²) in [6.45, 7) is 5.17. The summed E-state index contributed by atoms with van der Waals surface area (Å²) in [5.41, 5.74) is 7.98. The second kappa shape index (κ2) is 8.42. The molecule has 0 atom stereocenters. The summed E-state index contributed by atoms with van der Waals surface area (Å²) >= 11 is 0. The van der Waals surface area contributed by atoms with Gasteiger partial charge in [0.2, 0.25) is 5.82 Å². The Morgan fingerprint density at radius 3 is 2.50 bits per heavy atom. The summed E-state index contributed by atoms with van der Waals surface area (Å²) in [4.78, 5) is 4.99. The van der Waals surface area contributed by atoms with Gasteiger partial charge in [-0.3, -0.25) is 0 Å². The average Bonchev–Trinajstić information content (AvgIpc) is 3.53. The molecule has 3 aromatic heterocycles. The number of rotatable bonds is 7. The van der Waals surface area contributed by atoms with E-state index in [-0.39, 0.29) is 0 Å². The van der Waals surface area contributed by atoms with Crippen LogP contribution in [0.4, 0.5) is 0 Å². The van der Waals surface area contributed by atoms with Crippen molar-refractivity contribution in [2.75, 3.05) is 0 Å². The zero-order chi connectivity index (χ0) is 22.1. The molecule has 5 rings (SSSR count).